The van der Waals surface area contributed by atoms with E-state index in [1.54, 1.807) is 18.3 Å². The van der Waals surface area contributed by atoms with Crippen LogP contribution in [0.4, 0.5) is 15.9 Å². The third-order valence-electron chi connectivity index (χ3n) is 5.46. The van der Waals surface area contributed by atoms with E-state index in [4.69, 9.17) is 4.74 Å². The SMILES string of the molecule is Cc1ccc(Oc2ccnc(Nc3cccc(CCC4=NN=NC4)c3)c2)c(-c2cccc(F)c2)n1. The maximum atomic E-state index is 13.8. The van der Waals surface area contributed by atoms with Gasteiger partial charge in [0.05, 0.1) is 5.71 Å². The Kier molecular flexibility index (Phi) is 6.52. The Balaban J connectivity index is 1.32. The molecule has 0 radical (unpaired) electrons. The van der Waals surface area contributed by atoms with Crippen molar-refractivity contribution in [3.63, 3.8) is 0 Å². The number of ether oxygens (including phenoxy) is 1. The Morgan fingerprint density at radius 2 is 1.89 bits per heavy atom. The van der Waals surface area contributed by atoms with Crippen molar-refractivity contribution >= 4 is 17.2 Å². The smallest absolute Gasteiger partial charge is 0.153 e. The van der Waals surface area contributed by atoms with Crippen LogP contribution >= 0.6 is 0 Å². The molecule has 0 spiro atoms. The van der Waals surface area contributed by atoms with Crippen molar-refractivity contribution in [2.45, 2.75) is 19.8 Å². The molecule has 1 N–H and O–H groups in total. The van der Waals surface area contributed by atoms with Crippen LogP contribution in [0.3, 0.4) is 0 Å². The fraction of sp³-hybridized carbons (Fsp3) is 0.148. The van der Waals surface area contributed by atoms with Crippen molar-refractivity contribution in [1.29, 1.82) is 0 Å². The summed E-state index contributed by atoms with van der Waals surface area (Å²) in [6.45, 7) is 2.48. The van der Waals surface area contributed by atoms with Crippen molar-refractivity contribution in [2.75, 3.05) is 11.9 Å². The summed E-state index contributed by atoms with van der Waals surface area (Å²) in [4.78, 5) is 9.00. The van der Waals surface area contributed by atoms with Crippen LogP contribution in [0.5, 0.6) is 11.5 Å². The number of hydrogen-bond acceptors (Lipinski definition) is 7. The molecule has 35 heavy (non-hydrogen) atoms. The van der Waals surface area contributed by atoms with Gasteiger partial charge in [-0.2, -0.15) is 5.11 Å². The molecule has 1 aliphatic rings. The predicted octanol–water partition coefficient (Wildman–Crippen LogP) is 6.88. The molecule has 0 saturated carbocycles. The number of halogens is 1. The Morgan fingerprint density at radius 1 is 0.971 bits per heavy atom. The van der Waals surface area contributed by atoms with Crippen LogP contribution in [0.2, 0.25) is 0 Å². The van der Waals surface area contributed by atoms with E-state index < -0.39 is 0 Å². The number of pyridine rings is 2. The fourth-order valence-electron chi connectivity index (χ4n) is 3.75. The van der Waals surface area contributed by atoms with E-state index >= 15 is 0 Å². The van der Waals surface area contributed by atoms with Gasteiger partial charge in [0.1, 0.15) is 29.6 Å². The molecule has 1 aliphatic heterocycles. The quantitative estimate of drug-likeness (QED) is 0.307. The van der Waals surface area contributed by atoms with Crippen molar-refractivity contribution < 1.29 is 9.13 Å². The minimum atomic E-state index is -0.324. The lowest BCUT2D eigenvalue weighted by Crippen LogP contribution is -2.01. The summed E-state index contributed by atoms with van der Waals surface area (Å²) < 4.78 is 20.0. The number of aromatic nitrogens is 2. The summed E-state index contributed by atoms with van der Waals surface area (Å²) in [5.74, 6) is 1.45. The van der Waals surface area contributed by atoms with Crippen molar-refractivity contribution in [3.05, 3.63) is 96.1 Å². The van der Waals surface area contributed by atoms with E-state index in [0.29, 0.717) is 35.1 Å². The van der Waals surface area contributed by atoms with E-state index in [1.807, 2.05) is 43.3 Å². The second-order valence-corrected chi connectivity index (χ2v) is 8.17. The lowest BCUT2D eigenvalue weighted by atomic mass is 10.1. The van der Waals surface area contributed by atoms with E-state index in [-0.39, 0.29) is 5.82 Å². The van der Waals surface area contributed by atoms with Crippen molar-refractivity contribution in [3.8, 4) is 22.8 Å². The molecular formula is C27H23FN6O. The lowest BCUT2D eigenvalue weighted by molar-refractivity contribution is 0.481. The number of nitrogens with zero attached hydrogens (tertiary/aromatic N) is 5. The topological polar surface area (TPSA) is 84.1 Å². The van der Waals surface area contributed by atoms with Crippen molar-refractivity contribution in [1.82, 2.24) is 9.97 Å². The Labute approximate surface area is 202 Å². The highest BCUT2D eigenvalue weighted by molar-refractivity contribution is 5.87. The Morgan fingerprint density at radius 3 is 2.74 bits per heavy atom. The van der Waals surface area contributed by atoms with Gasteiger partial charge in [0.2, 0.25) is 0 Å². The van der Waals surface area contributed by atoms with Gasteiger partial charge in [-0.1, -0.05) is 24.3 Å². The predicted molar refractivity (Wildman–Crippen MR) is 134 cm³/mol. The molecule has 5 rings (SSSR count). The largest absolute Gasteiger partial charge is 0.455 e. The first kappa shape index (κ1) is 22.3. The first-order valence-electron chi connectivity index (χ1n) is 11.3. The normalized spacial score (nSPS) is 12.5. The van der Waals surface area contributed by atoms with Gasteiger partial charge in [0.15, 0.2) is 5.75 Å². The zero-order valence-electron chi connectivity index (χ0n) is 19.1. The molecule has 0 aliphatic carbocycles. The Hall–Kier alpha value is -4.46. The van der Waals surface area contributed by atoms with E-state index in [2.05, 4.69) is 42.9 Å². The summed E-state index contributed by atoms with van der Waals surface area (Å²) in [5.41, 5.74) is 5.15. The minimum Gasteiger partial charge on any atom is -0.455 e. The average molecular weight is 467 g/mol. The molecular weight excluding hydrogens is 443 g/mol. The molecule has 2 aromatic carbocycles. The third kappa shape index (κ3) is 5.73. The second kappa shape index (κ2) is 10.2. The average Bonchev–Trinajstić information content (AvgIpc) is 3.38. The van der Waals surface area contributed by atoms with Gasteiger partial charge < -0.3 is 10.1 Å². The van der Waals surface area contributed by atoms with Gasteiger partial charge in [-0.25, -0.2) is 14.4 Å². The third-order valence-corrected chi connectivity index (χ3v) is 5.46. The van der Waals surface area contributed by atoms with Gasteiger partial charge in [0, 0.05) is 29.2 Å². The molecule has 0 fully saturated rings. The molecule has 0 saturated heterocycles. The monoisotopic (exact) mass is 466 g/mol. The molecule has 0 atom stereocenters. The number of benzene rings is 2. The van der Waals surface area contributed by atoms with Crippen LogP contribution in [0, 0.1) is 12.7 Å². The molecule has 0 amide bonds. The van der Waals surface area contributed by atoms with Gasteiger partial charge in [0.25, 0.3) is 0 Å². The van der Waals surface area contributed by atoms with Crippen molar-refractivity contribution in [2.24, 2.45) is 15.4 Å². The zero-order chi connectivity index (χ0) is 24.0. The van der Waals surface area contributed by atoms with Crippen LogP contribution in [0.1, 0.15) is 17.7 Å². The maximum Gasteiger partial charge on any atom is 0.153 e. The number of anilines is 2. The summed E-state index contributed by atoms with van der Waals surface area (Å²) in [6.07, 6.45) is 3.37. The van der Waals surface area contributed by atoms with Gasteiger partial charge in [-0.15, -0.1) is 5.10 Å². The summed E-state index contributed by atoms with van der Waals surface area (Å²) in [6, 6.07) is 21.8. The molecule has 0 bridgehead atoms. The Bertz CT molecular complexity index is 1420. The van der Waals surface area contributed by atoms with Crippen LogP contribution < -0.4 is 10.1 Å². The first-order chi connectivity index (χ1) is 17.1. The van der Waals surface area contributed by atoms with Gasteiger partial charge >= 0.3 is 0 Å². The molecule has 3 heterocycles. The fourth-order valence-corrected chi connectivity index (χ4v) is 3.75. The van der Waals surface area contributed by atoms with E-state index in [1.165, 1.54) is 17.7 Å². The summed E-state index contributed by atoms with van der Waals surface area (Å²) in [5, 5.41) is 14.9. The highest BCUT2D eigenvalue weighted by atomic mass is 19.1. The molecule has 4 aromatic rings. The van der Waals surface area contributed by atoms with Crippen LogP contribution in [0.15, 0.2) is 94.4 Å². The second-order valence-electron chi connectivity index (χ2n) is 8.17. The number of aryl methyl sites for hydroxylation is 2. The first-order valence-corrected chi connectivity index (χ1v) is 11.3. The minimum absolute atomic E-state index is 0.324. The van der Waals surface area contributed by atoms with E-state index in [0.717, 1.165) is 29.9 Å². The molecule has 7 nitrogen and oxygen atoms in total. The highest BCUT2D eigenvalue weighted by Gasteiger charge is 2.12. The molecule has 2 aromatic heterocycles. The number of rotatable bonds is 8. The zero-order valence-corrected chi connectivity index (χ0v) is 19.1. The standard InChI is InChI=1S/C27H23FN6O/c1-18-8-11-25(27(31-18)20-5-3-6-21(28)15-20)35-24-12-13-29-26(16-24)32-22-7-2-4-19(14-22)9-10-23-17-30-34-33-23/h2-8,11-16H,9-10,17H2,1H3,(H,29,32). The van der Waals surface area contributed by atoms with Gasteiger partial charge in [-0.05, 0) is 73.0 Å². The maximum absolute atomic E-state index is 13.8. The van der Waals surface area contributed by atoms with Crippen LogP contribution in [-0.2, 0) is 6.42 Å². The number of hydrogen-bond donors (Lipinski definition) is 1. The summed E-state index contributed by atoms with van der Waals surface area (Å²) >= 11 is 0. The molecule has 174 valence electrons. The van der Waals surface area contributed by atoms with Crippen LogP contribution in [0.25, 0.3) is 11.3 Å². The molecule has 0 unspecified atom stereocenters. The summed E-state index contributed by atoms with van der Waals surface area (Å²) in [7, 11) is 0. The lowest BCUT2D eigenvalue weighted by Gasteiger charge is -2.13. The molecule has 8 heteroatoms. The van der Waals surface area contributed by atoms with Crippen LogP contribution in [-0.4, -0.2) is 22.2 Å². The van der Waals surface area contributed by atoms with E-state index in [9.17, 15) is 4.39 Å². The van der Waals surface area contributed by atoms with Gasteiger partial charge in [-0.3, -0.25) is 0 Å². The highest BCUT2D eigenvalue weighted by Crippen LogP contribution is 2.33. The number of nitrogens with one attached hydrogen (secondary N) is 1.